The van der Waals surface area contributed by atoms with Crippen LogP contribution in [0.2, 0.25) is 0 Å². The number of carbonyl (C=O) groups is 2. The first-order valence-electron chi connectivity index (χ1n) is 5.30. The predicted molar refractivity (Wildman–Crippen MR) is 80.9 cm³/mol. The van der Waals surface area contributed by atoms with Crippen LogP contribution in [0.4, 0.5) is 0 Å². The van der Waals surface area contributed by atoms with Gasteiger partial charge in [0.2, 0.25) is 5.91 Å². The minimum atomic E-state index is -4.16. The fourth-order valence-electron chi connectivity index (χ4n) is 0.800. The average Bonchev–Trinajstić information content (AvgIpc) is 2.35. The zero-order valence-corrected chi connectivity index (χ0v) is 14.0. The van der Waals surface area contributed by atoms with Gasteiger partial charge in [-0.05, 0) is 18.4 Å². The number of carbonyl (C=O) groups excluding carboxylic acids is 2. The summed E-state index contributed by atoms with van der Waals surface area (Å²) in [5, 5.41) is 0. The highest BCUT2D eigenvalue weighted by atomic mass is 32.3. The zero-order valence-electron chi connectivity index (χ0n) is 11.5. The first-order valence-corrected chi connectivity index (χ1v) is 8.46. The Bertz CT molecular complexity index is 398. The van der Waals surface area contributed by atoms with Crippen molar-refractivity contribution in [2.24, 2.45) is 5.73 Å². The lowest BCUT2D eigenvalue weighted by Gasteiger charge is -2.11. The summed E-state index contributed by atoms with van der Waals surface area (Å²) in [5.74, 6) is 0.292. The van der Waals surface area contributed by atoms with E-state index in [0.29, 0.717) is 6.42 Å². The molecule has 120 valence electrons. The molecule has 1 atom stereocenters. The second kappa shape index (κ2) is 11.3. The van der Waals surface area contributed by atoms with Gasteiger partial charge in [0.05, 0.1) is 19.6 Å². The van der Waals surface area contributed by atoms with Gasteiger partial charge < -0.3 is 5.73 Å². The molecule has 1 amide bonds. The van der Waals surface area contributed by atoms with E-state index >= 15 is 0 Å². The van der Waals surface area contributed by atoms with Crippen LogP contribution in [-0.4, -0.2) is 61.2 Å². The number of ketones is 1. The molecule has 3 N–H and O–H groups in total. The largest absolute Gasteiger partial charge is 0.397 e. The maximum Gasteiger partial charge on any atom is 0.397 e. The van der Waals surface area contributed by atoms with E-state index in [2.05, 4.69) is 17.0 Å². The fourth-order valence-corrected chi connectivity index (χ4v) is 1.36. The van der Waals surface area contributed by atoms with Crippen molar-refractivity contribution >= 4 is 46.7 Å². The van der Waals surface area contributed by atoms with Crippen molar-refractivity contribution in [3.05, 3.63) is 0 Å². The van der Waals surface area contributed by atoms with E-state index in [1.165, 1.54) is 7.05 Å². The lowest BCUT2D eigenvalue weighted by atomic mass is 10.1. The summed E-state index contributed by atoms with van der Waals surface area (Å²) in [6.07, 6.45) is 2.41. The van der Waals surface area contributed by atoms with Crippen molar-refractivity contribution in [2.45, 2.75) is 18.9 Å². The number of amides is 1. The molecular weight excluding hydrogens is 328 g/mol. The van der Waals surface area contributed by atoms with Gasteiger partial charge in [0, 0.05) is 7.05 Å². The van der Waals surface area contributed by atoms with Crippen LogP contribution in [0.25, 0.3) is 0 Å². The third-order valence-electron chi connectivity index (χ3n) is 1.94. The molecule has 0 rings (SSSR count). The van der Waals surface area contributed by atoms with Gasteiger partial charge in [-0.1, -0.05) is 12.8 Å². The van der Waals surface area contributed by atoms with Crippen LogP contribution in [-0.2, 0) is 24.2 Å². The monoisotopic (exact) mass is 348 g/mol. The van der Waals surface area contributed by atoms with Crippen LogP contribution in [0.5, 0.6) is 0 Å². The van der Waals surface area contributed by atoms with E-state index in [9.17, 15) is 18.0 Å². The SMILES string of the molecule is COS(=O)(=O)O.CSCC[C@H](N)C(=O)CC(=O)N(C)S. The summed E-state index contributed by atoms with van der Waals surface area (Å²) < 4.78 is 30.8. The Kier molecular flexibility index (Phi) is 12.5. The molecule has 0 aromatic carbocycles. The summed E-state index contributed by atoms with van der Waals surface area (Å²) in [5.41, 5.74) is 5.59. The van der Waals surface area contributed by atoms with Gasteiger partial charge in [-0.3, -0.25) is 22.6 Å². The van der Waals surface area contributed by atoms with Crippen LogP contribution < -0.4 is 5.73 Å². The summed E-state index contributed by atoms with van der Waals surface area (Å²) in [7, 11) is -1.80. The minimum Gasteiger partial charge on any atom is -0.321 e. The molecular formula is C9H20N2O6S3. The number of nitrogens with zero attached hydrogens (tertiary/aromatic N) is 1. The number of hydrogen-bond donors (Lipinski definition) is 3. The molecule has 8 nitrogen and oxygen atoms in total. The molecule has 0 heterocycles. The minimum absolute atomic E-state index is 0.157. The number of hydrogen-bond acceptors (Lipinski definition) is 8. The van der Waals surface area contributed by atoms with Crippen LogP contribution in [0.15, 0.2) is 0 Å². The zero-order chi connectivity index (χ0) is 16.3. The Morgan fingerprint density at radius 3 is 2.25 bits per heavy atom. The summed E-state index contributed by atoms with van der Waals surface area (Å²) in [6, 6.07) is -0.528. The second-order valence-corrected chi connectivity index (χ2v) is 6.32. The van der Waals surface area contributed by atoms with E-state index in [0.717, 1.165) is 17.2 Å². The van der Waals surface area contributed by atoms with Gasteiger partial charge >= 0.3 is 10.4 Å². The third-order valence-corrected chi connectivity index (χ3v) is 3.23. The number of nitrogens with two attached hydrogens (primary N) is 1. The molecule has 0 aliphatic rings. The predicted octanol–water partition coefficient (Wildman–Crippen LogP) is -0.235. The summed E-state index contributed by atoms with van der Waals surface area (Å²) >= 11 is 5.42. The maximum atomic E-state index is 11.3. The Labute approximate surface area is 128 Å². The molecule has 0 aromatic heterocycles. The molecule has 0 aromatic rings. The van der Waals surface area contributed by atoms with Gasteiger partial charge in [-0.2, -0.15) is 20.2 Å². The molecule has 0 bridgehead atoms. The van der Waals surface area contributed by atoms with Gasteiger partial charge in [0.25, 0.3) is 0 Å². The summed E-state index contributed by atoms with van der Waals surface area (Å²) in [6.45, 7) is 0. The summed E-state index contributed by atoms with van der Waals surface area (Å²) in [4.78, 5) is 22.4. The lowest BCUT2D eigenvalue weighted by molar-refractivity contribution is -0.131. The molecule has 20 heavy (non-hydrogen) atoms. The standard InChI is InChI=1S/C8H16N2O2S2.CH4O4S/c1-10(13)8(12)5-7(11)6(9)3-4-14-2;1-5-6(2,3)4/h6,13H,3-5,9H2,1-2H3;1H3,(H,2,3,4)/t6-;/m0./s1. The molecule has 0 unspecified atom stereocenters. The lowest BCUT2D eigenvalue weighted by Crippen LogP contribution is -2.34. The molecule has 11 heteroatoms. The van der Waals surface area contributed by atoms with Gasteiger partial charge in [0.15, 0.2) is 5.78 Å². The Balaban J connectivity index is 0. The number of thiol groups is 1. The second-order valence-electron chi connectivity index (χ2n) is 3.54. The smallest absolute Gasteiger partial charge is 0.321 e. The van der Waals surface area contributed by atoms with Gasteiger partial charge in [-0.15, -0.1) is 0 Å². The number of thioether (sulfide) groups is 1. The van der Waals surface area contributed by atoms with Crippen molar-refractivity contribution in [3.63, 3.8) is 0 Å². The van der Waals surface area contributed by atoms with E-state index in [1.54, 1.807) is 11.8 Å². The van der Waals surface area contributed by atoms with Crippen molar-refractivity contribution in [2.75, 3.05) is 26.2 Å². The first-order chi connectivity index (χ1) is 9.05. The van der Waals surface area contributed by atoms with Crippen LogP contribution in [0, 0.1) is 0 Å². The van der Waals surface area contributed by atoms with Crippen LogP contribution in [0.1, 0.15) is 12.8 Å². The topological polar surface area (TPSA) is 127 Å². The van der Waals surface area contributed by atoms with Crippen molar-refractivity contribution < 1.29 is 26.7 Å². The van der Waals surface area contributed by atoms with Gasteiger partial charge in [0.1, 0.15) is 0 Å². The van der Waals surface area contributed by atoms with E-state index in [-0.39, 0.29) is 18.1 Å². The van der Waals surface area contributed by atoms with Crippen molar-refractivity contribution in [1.82, 2.24) is 4.31 Å². The van der Waals surface area contributed by atoms with Crippen molar-refractivity contribution in [1.29, 1.82) is 0 Å². The van der Waals surface area contributed by atoms with E-state index in [1.807, 2.05) is 6.26 Å². The number of Topliss-reactive ketones (excluding diaryl/α,β-unsaturated/α-hetero) is 1. The number of rotatable bonds is 7. The Hall–Kier alpha value is -0.330. The fraction of sp³-hybridized carbons (Fsp3) is 0.778. The molecule has 0 saturated heterocycles. The highest BCUT2D eigenvalue weighted by Crippen LogP contribution is 2.03. The van der Waals surface area contributed by atoms with E-state index < -0.39 is 16.4 Å². The average molecular weight is 348 g/mol. The quantitative estimate of drug-likeness (QED) is 0.327. The van der Waals surface area contributed by atoms with Crippen LogP contribution >= 0.6 is 24.6 Å². The highest BCUT2D eigenvalue weighted by Gasteiger charge is 2.17. The Morgan fingerprint density at radius 1 is 1.50 bits per heavy atom. The molecule has 0 radical (unpaired) electrons. The molecule has 0 fully saturated rings. The first kappa shape index (κ1) is 22.0. The molecule has 0 spiro atoms. The van der Waals surface area contributed by atoms with Crippen LogP contribution in [0.3, 0.4) is 0 Å². The van der Waals surface area contributed by atoms with Crippen molar-refractivity contribution in [3.8, 4) is 0 Å². The normalized spacial score (nSPS) is 12.1. The Morgan fingerprint density at radius 2 is 1.95 bits per heavy atom. The van der Waals surface area contributed by atoms with E-state index in [4.69, 9.17) is 10.3 Å². The maximum absolute atomic E-state index is 11.3. The highest BCUT2D eigenvalue weighted by molar-refractivity contribution is 7.98. The molecule has 0 aliphatic heterocycles. The molecule has 0 saturated carbocycles. The third kappa shape index (κ3) is 14.1. The van der Waals surface area contributed by atoms with Gasteiger partial charge in [-0.25, -0.2) is 0 Å². The molecule has 0 aliphatic carbocycles.